The van der Waals surface area contributed by atoms with Gasteiger partial charge in [0.25, 0.3) is 5.91 Å². The smallest absolute Gasteiger partial charge is 0.283 e. The highest BCUT2D eigenvalue weighted by atomic mass is 32.1. The Bertz CT molecular complexity index is 986. The lowest BCUT2D eigenvalue weighted by Gasteiger charge is -2.07. The summed E-state index contributed by atoms with van der Waals surface area (Å²) in [6, 6.07) is 13.4. The van der Waals surface area contributed by atoms with Crippen LogP contribution >= 0.6 is 11.3 Å². The average molecular weight is 398 g/mol. The van der Waals surface area contributed by atoms with Gasteiger partial charge in [0.2, 0.25) is 0 Å². The van der Waals surface area contributed by atoms with E-state index in [0.29, 0.717) is 34.5 Å². The Morgan fingerprint density at radius 1 is 1.32 bits per heavy atom. The zero-order valence-electron chi connectivity index (χ0n) is 15.2. The number of nitrogens with one attached hydrogen (secondary N) is 1. The molecule has 0 aliphatic rings. The lowest BCUT2D eigenvalue weighted by molar-refractivity contribution is 0.0958. The third kappa shape index (κ3) is 5.14. The van der Waals surface area contributed by atoms with E-state index in [1.165, 1.54) is 18.3 Å². The minimum atomic E-state index is -0.342. The van der Waals surface area contributed by atoms with Gasteiger partial charge in [0, 0.05) is 0 Å². The van der Waals surface area contributed by atoms with Crippen LogP contribution in [0.5, 0.6) is 5.75 Å². The highest BCUT2D eigenvalue weighted by molar-refractivity contribution is 7.17. The first-order valence-electron chi connectivity index (χ1n) is 8.61. The third-order valence-electron chi connectivity index (χ3n) is 3.81. The van der Waals surface area contributed by atoms with Crippen molar-refractivity contribution >= 4 is 28.6 Å². The van der Waals surface area contributed by atoms with Gasteiger partial charge < -0.3 is 10.5 Å². The molecule has 1 amide bonds. The van der Waals surface area contributed by atoms with Gasteiger partial charge in [-0.1, -0.05) is 42.5 Å². The molecule has 0 saturated carbocycles. The van der Waals surface area contributed by atoms with E-state index in [0.717, 1.165) is 22.5 Å². The van der Waals surface area contributed by atoms with Crippen LogP contribution in [0.4, 0.5) is 9.52 Å². The molecule has 28 heavy (non-hydrogen) atoms. The number of nitrogens with two attached hydrogens (primary N) is 1. The molecule has 0 aliphatic heterocycles. The van der Waals surface area contributed by atoms with Gasteiger partial charge in [-0.2, -0.15) is 5.10 Å². The number of thiazole rings is 1. The second kappa shape index (κ2) is 9.09. The topological polar surface area (TPSA) is 89.6 Å². The Kier molecular flexibility index (Phi) is 6.33. The summed E-state index contributed by atoms with van der Waals surface area (Å²) < 4.78 is 18.6. The van der Waals surface area contributed by atoms with Gasteiger partial charge in [0.1, 0.15) is 23.1 Å². The standard InChI is InChI=1S/C20H19FN4O2S/c1-2-17-18(28-20(22)24-17)19(26)25-23-11-14-4-3-5-16(10-14)27-12-13-6-8-15(21)9-7-13/h3-11H,2,12H2,1H3,(H2,22,24)(H,25,26)/b23-11+. The zero-order valence-corrected chi connectivity index (χ0v) is 16.0. The van der Waals surface area contributed by atoms with E-state index in [9.17, 15) is 9.18 Å². The van der Waals surface area contributed by atoms with Gasteiger partial charge in [0.05, 0.1) is 11.9 Å². The number of hydrazone groups is 1. The minimum Gasteiger partial charge on any atom is -0.489 e. The van der Waals surface area contributed by atoms with E-state index >= 15 is 0 Å². The van der Waals surface area contributed by atoms with Gasteiger partial charge in [-0.3, -0.25) is 4.79 Å². The molecule has 8 heteroatoms. The molecule has 1 aromatic heterocycles. The molecule has 0 unspecified atom stereocenters. The molecule has 3 N–H and O–H groups in total. The number of hydrogen-bond acceptors (Lipinski definition) is 6. The summed E-state index contributed by atoms with van der Waals surface area (Å²) >= 11 is 1.14. The molecule has 6 nitrogen and oxygen atoms in total. The molecule has 0 fully saturated rings. The van der Waals surface area contributed by atoms with Gasteiger partial charge >= 0.3 is 0 Å². The van der Waals surface area contributed by atoms with Crippen molar-refractivity contribution in [1.82, 2.24) is 10.4 Å². The van der Waals surface area contributed by atoms with Crippen molar-refractivity contribution in [3.8, 4) is 5.75 Å². The molecule has 0 spiro atoms. The van der Waals surface area contributed by atoms with Crippen LogP contribution in [0, 0.1) is 5.82 Å². The summed E-state index contributed by atoms with van der Waals surface area (Å²) in [6.45, 7) is 2.23. The largest absolute Gasteiger partial charge is 0.489 e. The lowest BCUT2D eigenvalue weighted by atomic mass is 10.2. The van der Waals surface area contributed by atoms with Crippen molar-refractivity contribution in [3.05, 3.63) is 76.0 Å². The van der Waals surface area contributed by atoms with E-state index in [2.05, 4.69) is 15.5 Å². The summed E-state index contributed by atoms with van der Waals surface area (Å²) in [4.78, 5) is 16.8. The summed E-state index contributed by atoms with van der Waals surface area (Å²) in [5.41, 5.74) is 10.4. The molecular weight excluding hydrogens is 379 g/mol. The molecule has 0 bridgehead atoms. The minimum absolute atomic E-state index is 0.281. The first kappa shape index (κ1) is 19.5. The Morgan fingerprint density at radius 2 is 2.11 bits per heavy atom. The molecule has 0 aliphatic carbocycles. The first-order valence-corrected chi connectivity index (χ1v) is 9.42. The maximum atomic E-state index is 12.9. The van der Waals surface area contributed by atoms with Crippen LogP contribution < -0.4 is 15.9 Å². The van der Waals surface area contributed by atoms with Crippen LogP contribution in [0.25, 0.3) is 0 Å². The molecule has 2 aromatic carbocycles. The van der Waals surface area contributed by atoms with E-state index in [4.69, 9.17) is 10.5 Å². The SMILES string of the molecule is CCc1nc(N)sc1C(=O)N/N=C/c1cccc(OCc2ccc(F)cc2)c1. The van der Waals surface area contributed by atoms with E-state index < -0.39 is 0 Å². The van der Waals surface area contributed by atoms with Gasteiger partial charge in [-0.05, 0) is 41.8 Å². The van der Waals surface area contributed by atoms with E-state index in [-0.39, 0.29) is 11.7 Å². The van der Waals surface area contributed by atoms with Gasteiger partial charge in [-0.25, -0.2) is 14.8 Å². The normalized spacial score (nSPS) is 10.9. The quantitative estimate of drug-likeness (QED) is 0.468. The maximum absolute atomic E-state index is 12.9. The average Bonchev–Trinajstić information content (AvgIpc) is 3.09. The van der Waals surface area contributed by atoms with E-state index in [1.54, 1.807) is 18.2 Å². The number of carbonyl (C=O) groups excluding carboxylic acids is 1. The number of carbonyl (C=O) groups is 1. The van der Waals surface area contributed by atoms with Crippen molar-refractivity contribution in [2.75, 3.05) is 5.73 Å². The highest BCUT2D eigenvalue weighted by Crippen LogP contribution is 2.20. The van der Waals surface area contributed by atoms with Crippen LogP contribution in [0.3, 0.4) is 0 Å². The second-order valence-corrected chi connectivity index (χ2v) is 6.90. The van der Waals surface area contributed by atoms with Gasteiger partial charge in [-0.15, -0.1) is 0 Å². The Labute approximate surface area is 165 Å². The number of nitrogens with zero attached hydrogens (tertiary/aromatic N) is 2. The number of aryl methyl sites for hydroxylation is 1. The molecule has 144 valence electrons. The summed E-state index contributed by atoms with van der Waals surface area (Å²) in [6.07, 6.45) is 2.15. The van der Waals surface area contributed by atoms with Crippen LogP contribution in [0.2, 0.25) is 0 Å². The summed E-state index contributed by atoms with van der Waals surface area (Å²) in [7, 11) is 0. The fourth-order valence-corrected chi connectivity index (χ4v) is 3.25. The van der Waals surface area contributed by atoms with Gasteiger partial charge in [0.15, 0.2) is 5.13 Å². The number of anilines is 1. The van der Waals surface area contributed by atoms with Crippen LogP contribution in [-0.4, -0.2) is 17.1 Å². The third-order valence-corrected chi connectivity index (χ3v) is 4.74. The van der Waals surface area contributed by atoms with E-state index in [1.807, 2.05) is 25.1 Å². The van der Waals surface area contributed by atoms with Crippen molar-refractivity contribution in [3.63, 3.8) is 0 Å². The predicted molar refractivity (Wildman–Crippen MR) is 108 cm³/mol. The first-order chi connectivity index (χ1) is 13.5. The molecule has 3 aromatic rings. The molecule has 0 saturated heterocycles. The molecule has 0 radical (unpaired) electrons. The number of amides is 1. The number of rotatable bonds is 7. The number of aromatic nitrogens is 1. The number of ether oxygens (including phenoxy) is 1. The Balaban J connectivity index is 1.59. The molecular formula is C20H19FN4O2S. The monoisotopic (exact) mass is 398 g/mol. The summed E-state index contributed by atoms with van der Waals surface area (Å²) in [5.74, 6) is 0.0187. The fourth-order valence-electron chi connectivity index (χ4n) is 2.44. The molecule has 0 atom stereocenters. The highest BCUT2D eigenvalue weighted by Gasteiger charge is 2.15. The number of halogens is 1. The fraction of sp³-hybridized carbons (Fsp3) is 0.150. The lowest BCUT2D eigenvalue weighted by Crippen LogP contribution is -2.17. The Hall–Kier alpha value is -3.26. The van der Waals surface area contributed by atoms with Crippen LogP contribution in [0.15, 0.2) is 53.6 Å². The summed E-state index contributed by atoms with van der Waals surface area (Å²) in [5, 5.41) is 4.35. The molecule has 1 heterocycles. The van der Waals surface area contributed by atoms with Crippen molar-refractivity contribution in [2.24, 2.45) is 5.10 Å². The zero-order chi connectivity index (χ0) is 19.9. The van der Waals surface area contributed by atoms with Crippen LogP contribution in [-0.2, 0) is 13.0 Å². The van der Waals surface area contributed by atoms with Crippen LogP contribution in [0.1, 0.15) is 33.4 Å². The predicted octanol–water partition coefficient (Wildman–Crippen LogP) is 3.77. The number of hydrogen-bond donors (Lipinski definition) is 2. The maximum Gasteiger partial charge on any atom is 0.283 e. The van der Waals surface area contributed by atoms with Crippen molar-refractivity contribution < 1.29 is 13.9 Å². The number of nitrogen functional groups attached to an aromatic ring is 1. The van der Waals surface area contributed by atoms with Crippen molar-refractivity contribution in [1.29, 1.82) is 0 Å². The Morgan fingerprint density at radius 3 is 2.86 bits per heavy atom. The molecule has 3 rings (SSSR count). The van der Waals surface area contributed by atoms with Crippen molar-refractivity contribution in [2.45, 2.75) is 20.0 Å². The second-order valence-electron chi connectivity index (χ2n) is 5.87. The number of benzene rings is 2.